The van der Waals surface area contributed by atoms with Crippen molar-refractivity contribution in [3.05, 3.63) is 45.5 Å². The van der Waals surface area contributed by atoms with E-state index < -0.39 is 0 Å². The summed E-state index contributed by atoms with van der Waals surface area (Å²) >= 11 is 2.37. The molecule has 3 rings (SSSR count). The van der Waals surface area contributed by atoms with Gasteiger partial charge in [-0.05, 0) is 104 Å². The molecule has 0 atom stereocenters. The third kappa shape index (κ3) is 4.58. The summed E-state index contributed by atoms with van der Waals surface area (Å²) in [6, 6.07) is 12.7. The van der Waals surface area contributed by atoms with Gasteiger partial charge in [0.25, 0.3) is 0 Å². The minimum atomic E-state index is 0.609. The van der Waals surface area contributed by atoms with E-state index in [1.807, 2.05) is 19.9 Å². The van der Waals surface area contributed by atoms with Crippen LogP contribution >= 0.6 is 22.6 Å². The van der Waals surface area contributed by atoms with E-state index in [-0.39, 0.29) is 0 Å². The predicted octanol–water partition coefficient (Wildman–Crippen LogP) is 5.52. The van der Waals surface area contributed by atoms with E-state index in [4.69, 9.17) is 15.2 Å². The van der Waals surface area contributed by atoms with Gasteiger partial charge in [0.15, 0.2) is 11.5 Å². The lowest BCUT2D eigenvalue weighted by Crippen LogP contribution is -2.00. The standard InChI is InChI=1S/C22H27IN2O2/c1-3-26-20-11-8-15(13-21(20)27-4-2)22-17(7-5-6-12-24)18-14-16(23)9-10-19(18)25-22/h8-11,13-14,25H,3-7,12,24H2,1-2H3. The number of ether oxygens (including phenoxy) is 2. The molecule has 0 aliphatic carbocycles. The number of hydrogen-bond donors (Lipinski definition) is 2. The Morgan fingerprint density at radius 3 is 2.48 bits per heavy atom. The maximum Gasteiger partial charge on any atom is 0.161 e. The van der Waals surface area contributed by atoms with Gasteiger partial charge < -0.3 is 20.2 Å². The van der Waals surface area contributed by atoms with Crippen LogP contribution in [0.4, 0.5) is 0 Å². The van der Waals surface area contributed by atoms with Crippen molar-refractivity contribution in [2.24, 2.45) is 5.73 Å². The second-order valence-corrected chi connectivity index (χ2v) is 7.69. The quantitative estimate of drug-likeness (QED) is 0.315. The number of halogens is 1. The second-order valence-electron chi connectivity index (χ2n) is 6.44. The van der Waals surface area contributed by atoms with E-state index in [0.29, 0.717) is 13.2 Å². The summed E-state index contributed by atoms with van der Waals surface area (Å²) < 4.78 is 12.8. The first-order chi connectivity index (χ1) is 13.2. The van der Waals surface area contributed by atoms with Gasteiger partial charge in [0.1, 0.15) is 0 Å². The molecule has 1 heterocycles. The lowest BCUT2D eigenvalue weighted by atomic mass is 10.00. The first-order valence-electron chi connectivity index (χ1n) is 9.58. The highest BCUT2D eigenvalue weighted by Crippen LogP contribution is 2.37. The van der Waals surface area contributed by atoms with Crippen LogP contribution < -0.4 is 15.2 Å². The van der Waals surface area contributed by atoms with Crippen molar-refractivity contribution in [3.8, 4) is 22.8 Å². The third-order valence-corrected chi connectivity index (χ3v) is 5.25. The molecule has 0 amide bonds. The fourth-order valence-corrected chi connectivity index (χ4v) is 3.87. The smallest absolute Gasteiger partial charge is 0.161 e. The Bertz CT molecular complexity index is 905. The van der Waals surface area contributed by atoms with E-state index >= 15 is 0 Å². The Morgan fingerprint density at radius 1 is 0.963 bits per heavy atom. The van der Waals surface area contributed by atoms with Crippen molar-refractivity contribution < 1.29 is 9.47 Å². The van der Waals surface area contributed by atoms with Gasteiger partial charge in [-0.2, -0.15) is 0 Å². The molecule has 2 aromatic carbocycles. The molecule has 3 aromatic rings. The fraction of sp³-hybridized carbons (Fsp3) is 0.364. The molecule has 0 spiro atoms. The van der Waals surface area contributed by atoms with Crippen LogP contribution in [-0.4, -0.2) is 24.7 Å². The topological polar surface area (TPSA) is 60.3 Å². The van der Waals surface area contributed by atoms with Gasteiger partial charge in [0.2, 0.25) is 0 Å². The molecule has 0 unspecified atom stereocenters. The van der Waals surface area contributed by atoms with Gasteiger partial charge in [-0.1, -0.05) is 0 Å². The molecule has 144 valence electrons. The molecule has 0 saturated heterocycles. The number of aromatic amines is 1. The summed E-state index contributed by atoms with van der Waals surface area (Å²) in [5.74, 6) is 1.58. The maximum atomic E-state index is 5.83. The predicted molar refractivity (Wildman–Crippen MR) is 121 cm³/mol. The van der Waals surface area contributed by atoms with Gasteiger partial charge in [-0.25, -0.2) is 0 Å². The number of nitrogens with two attached hydrogens (primary N) is 1. The lowest BCUT2D eigenvalue weighted by molar-refractivity contribution is 0.288. The molecule has 1 aromatic heterocycles. The van der Waals surface area contributed by atoms with Crippen LogP contribution in [-0.2, 0) is 6.42 Å². The zero-order chi connectivity index (χ0) is 19.2. The molecule has 0 saturated carbocycles. The molecule has 0 bridgehead atoms. The van der Waals surface area contributed by atoms with Gasteiger partial charge in [-0.15, -0.1) is 0 Å². The lowest BCUT2D eigenvalue weighted by Gasteiger charge is -2.13. The summed E-state index contributed by atoms with van der Waals surface area (Å²) in [5, 5.41) is 1.29. The zero-order valence-electron chi connectivity index (χ0n) is 16.0. The van der Waals surface area contributed by atoms with Crippen molar-refractivity contribution in [1.29, 1.82) is 0 Å². The first kappa shape index (κ1) is 20.0. The maximum absolute atomic E-state index is 5.83. The van der Waals surface area contributed by atoms with E-state index in [9.17, 15) is 0 Å². The van der Waals surface area contributed by atoms with Crippen LogP contribution in [0.25, 0.3) is 22.2 Å². The van der Waals surface area contributed by atoms with Crippen LogP contribution in [0, 0.1) is 3.57 Å². The fourth-order valence-electron chi connectivity index (χ4n) is 3.38. The Labute approximate surface area is 174 Å². The summed E-state index contributed by atoms with van der Waals surface area (Å²) in [7, 11) is 0. The number of hydrogen-bond acceptors (Lipinski definition) is 3. The number of unbranched alkanes of at least 4 members (excludes halogenated alkanes) is 1. The number of rotatable bonds is 9. The van der Waals surface area contributed by atoms with Crippen molar-refractivity contribution in [2.75, 3.05) is 19.8 Å². The van der Waals surface area contributed by atoms with Gasteiger partial charge in [-0.3, -0.25) is 0 Å². The summed E-state index contributed by atoms with van der Waals surface area (Å²) in [6.45, 7) is 5.93. The van der Waals surface area contributed by atoms with Crippen LogP contribution in [0.1, 0.15) is 32.3 Å². The van der Waals surface area contributed by atoms with Crippen molar-refractivity contribution in [1.82, 2.24) is 4.98 Å². The monoisotopic (exact) mass is 478 g/mol. The number of nitrogens with one attached hydrogen (secondary N) is 1. The molecule has 0 aliphatic heterocycles. The van der Waals surface area contributed by atoms with E-state index in [0.717, 1.165) is 48.6 Å². The zero-order valence-corrected chi connectivity index (χ0v) is 18.1. The Balaban J connectivity index is 2.09. The molecule has 0 aliphatic rings. The molecule has 27 heavy (non-hydrogen) atoms. The normalized spacial score (nSPS) is 11.1. The molecule has 0 fully saturated rings. The Hall–Kier alpha value is -1.73. The van der Waals surface area contributed by atoms with Gasteiger partial charge in [0.05, 0.1) is 13.2 Å². The average molecular weight is 478 g/mol. The van der Waals surface area contributed by atoms with Crippen molar-refractivity contribution in [3.63, 3.8) is 0 Å². The third-order valence-electron chi connectivity index (χ3n) is 4.58. The number of aromatic nitrogens is 1. The van der Waals surface area contributed by atoms with Crippen LogP contribution in [0.15, 0.2) is 36.4 Å². The number of fused-ring (bicyclic) bond motifs is 1. The van der Waals surface area contributed by atoms with Crippen molar-refractivity contribution >= 4 is 33.5 Å². The number of H-pyrrole nitrogens is 1. The van der Waals surface area contributed by atoms with Crippen LogP contribution in [0.3, 0.4) is 0 Å². The summed E-state index contributed by atoms with van der Waals surface area (Å²) in [4.78, 5) is 3.62. The van der Waals surface area contributed by atoms with Crippen LogP contribution in [0.2, 0.25) is 0 Å². The number of aryl methyl sites for hydroxylation is 1. The average Bonchev–Trinajstić information content (AvgIpc) is 3.02. The highest BCUT2D eigenvalue weighted by atomic mass is 127. The molecular weight excluding hydrogens is 451 g/mol. The first-order valence-corrected chi connectivity index (χ1v) is 10.7. The van der Waals surface area contributed by atoms with E-state index in [2.05, 4.69) is 57.9 Å². The largest absolute Gasteiger partial charge is 0.490 e. The number of benzene rings is 2. The van der Waals surface area contributed by atoms with E-state index in [1.54, 1.807) is 0 Å². The molecule has 3 N–H and O–H groups in total. The second kappa shape index (κ2) is 9.46. The summed E-state index contributed by atoms with van der Waals surface area (Å²) in [5.41, 5.74) is 10.5. The minimum absolute atomic E-state index is 0.609. The van der Waals surface area contributed by atoms with Gasteiger partial charge in [0, 0.05) is 25.7 Å². The Kier molecular flexibility index (Phi) is 7.01. The Morgan fingerprint density at radius 2 is 1.74 bits per heavy atom. The van der Waals surface area contributed by atoms with E-state index in [1.165, 1.54) is 20.0 Å². The highest BCUT2D eigenvalue weighted by molar-refractivity contribution is 14.1. The molecule has 4 nitrogen and oxygen atoms in total. The van der Waals surface area contributed by atoms with Crippen LogP contribution in [0.5, 0.6) is 11.5 Å². The minimum Gasteiger partial charge on any atom is -0.490 e. The molecule has 0 radical (unpaired) electrons. The summed E-state index contributed by atoms with van der Waals surface area (Å²) in [6.07, 6.45) is 3.12. The highest BCUT2D eigenvalue weighted by Gasteiger charge is 2.15. The van der Waals surface area contributed by atoms with Gasteiger partial charge >= 0.3 is 0 Å². The SMILES string of the molecule is CCOc1ccc(-c2[nH]c3ccc(I)cc3c2CCCCN)cc1OCC. The molecule has 5 heteroatoms. The molecular formula is C22H27IN2O2. The van der Waals surface area contributed by atoms with Crippen molar-refractivity contribution in [2.45, 2.75) is 33.1 Å².